The number of hydrogen-bond acceptors (Lipinski definition) is 7. The molecule has 1 aliphatic heterocycles. The van der Waals surface area contributed by atoms with Gasteiger partial charge in [-0.1, -0.05) is 12.8 Å². The second-order valence-electron chi connectivity index (χ2n) is 7.83. The molecule has 0 atom stereocenters. The van der Waals surface area contributed by atoms with Crippen LogP contribution in [0.5, 0.6) is 0 Å². The number of piperazine rings is 1. The highest BCUT2D eigenvalue weighted by molar-refractivity contribution is 5.92. The summed E-state index contributed by atoms with van der Waals surface area (Å²) in [4.78, 5) is 23.7. The minimum absolute atomic E-state index is 0.120. The van der Waals surface area contributed by atoms with Gasteiger partial charge >= 0.3 is 0 Å². The average molecular weight is 377 g/mol. The second kappa shape index (κ2) is 10.2. The summed E-state index contributed by atoms with van der Waals surface area (Å²) in [5.41, 5.74) is 0.0848. The molecule has 1 amide bonds. The first-order valence-electron chi connectivity index (χ1n) is 9.58. The van der Waals surface area contributed by atoms with Crippen molar-refractivity contribution < 1.29 is 14.3 Å². The van der Waals surface area contributed by atoms with Gasteiger partial charge in [-0.15, -0.1) is 10.2 Å². The van der Waals surface area contributed by atoms with E-state index in [0.717, 1.165) is 50.9 Å². The Morgan fingerprint density at radius 2 is 2.00 bits per heavy atom. The van der Waals surface area contributed by atoms with Crippen LogP contribution in [0.2, 0.25) is 0 Å². The lowest BCUT2D eigenvalue weighted by molar-refractivity contribution is -0.138. The highest BCUT2D eigenvalue weighted by atomic mass is 16.5. The summed E-state index contributed by atoms with van der Waals surface area (Å²) in [6.45, 7) is 10.5. The topological polar surface area (TPSA) is 96.5 Å². The number of nitrogens with zero attached hydrogens (tertiary/aromatic N) is 3. The van der Waals surface area contributed by atoms with Gasteiger partial charge in [0, 0.05) is 32.7 Å². The van der Waals surface area contributed by atoms with Crippen molar-refractivity contribution in [3.05, 3.63) is 17.8 Å². The maximum Gasteiger partial charge on any atom is 0.293 e. The summed E-state index contributed by atoms with van der Waals surface area (Å²) in [5, 5.41) is 14.4. The van der Waals surface area contributed by atoms with E-state index < -0.39 is 0 Å². The van der Waals surface area contributed by atoms with Crippen LogP contribution in [-0.2, 0) is 9.53 Å². The van der Waals surface area contributed by atoms with Gasteiger partial charge in [-0.2, -0.15) is 0 Å². The third kappa shape index (κ3) is 8.34. The molecular formula is C19H31N5O3. The molecule has 3 rings (SSSR count). The minimum atomic E-state index is -0.318. The third-order valence-electron chi connectivity index (χ3n) is 4.26. The van der Waals surface area contributed by atoms with Gasteiger partial charge in [-0.3, -0.25) is 9.59 Å². The monoisotopic (exact) mass is 377 g/mol. The van der Waals surface area contributed by atoms with E-state index in [1.165, 1.54) is 12.8 Å². The molecule has 0 spiro atoms. The lowest BCUT2D eigenvalue weighted by Gasteiger charge is -2.27. The van der Waals surface area contributed by atoms with Gasteiger partial charge in [-0.05, 0) is 45.2 Å². The van der Waals surface area contributed by atoms with Gasteiger partial charge in [0.25, 0.3) is 12.4 Å². The number of amides is 1. The first-order valence-corrected chi connectivity index (χ1v) is 9.58. The van der Waals surface area contributed by atoms with Crippen LogP contribution in [0.1, 0.15) is 50.5 Å². The Hall–Kier alpha value is -2.22. The van der Waals surface area contributed by atoms with Crippen LogP contribution in [0.15, 0.2) is 12.1 Å². The molecule has 0 radical (unpaired) electrons. The first kappa shape index (κ1) is 21.1. The molecule has 8 nitrogen and oxygen atoms in total. The quantitative estimate of drug-likeness (QED) is 0.723. The molecule has 2 N–H and O–H groups in total. The lowest BCUT2D eigenvalue weighted by atomic mass is 10.2. The molecule has 2 heterocycles. The Kier molecular flexibility index (Phi) is 7.97. The molecular weight excluding hydrogens is 346 g/mol. The molecule has 0 bridgehead atoms. The van der Waals surface area contributed by atoms with E-state index in [4.69, 9.17) is 0 Å². The SMILES string of the molecule is CC(C)(C)OC=O.O=C(NCCC1CC1)c1ccc(N2CCNCC2)nn1. The van der Waals surface area contributed by atoms with E-state index >= 15 is 0 Å². The van der Waals surface area contributed by atoms with Crippen LogP contribution in [0, 0.1) is 5.92 Å². The van der Waals surface area contributed by atoms with Crippen molar-refractivity contribution in [2.24, 2.45) is 5.92 Å². The molecule has 0 aromatic carbocycles. The van der Waals surface area contributed by atoms with Crippen LogP contribution < -0.4 is 15.5 Å². The molecule has 27 heavy (non-hydrogen) atoms. The van der Waals surface area contributed by atoms with Crippen molar-refractivity contribution in [2.75, 3.05) is 37.6 Å². The molecule has 1 aliphatic carbocycles. The van der Waals surface area contributed by atoms with E-state index in [0.29, 0.717) is 12.2 Å². The number of hydrogen-bond donors (Lipinski definition) is 2. The van der Waals surface area contributed by atoms with Gasteiger partial charge in [0.05, 0.1) is 0 Å². The predicted octanol–water partition coefficient (Wildman–Crippen LogP) is 1.37. The van der Waals surface area contributed by atoms with Crippen LogP contribution >= 0.6 is 0 Å². The highest BCUT2D eigenvalue weighted by Crippen LogP contribution is 2.31. The van der Waals surface area contributed by atoms with E-state index in [2.05, 4.69) is 30.5 Å². The summed E-state index contributed by atoms with van der Waals surface area (Å²) >= 11 is 0. The predicted molar refractivity (Wildman–Crippen MR) is 104 cm³/mol. The fourth-order valence-electron chi connectivity index (χ4n) is 2.54. The zero-order valence-corrected chi connectivity index (χ0v) is 16.5. The maximum absolute atomic E-state index is 11.9. The van der Waals surface area contributed by atoms with Crippen LogP contribution in [0.3, 0.4) is 0 Å². The molecule has 1 aromatic heterocycles. The molecule has 2 aliphatic rings. The third-order valence-corrected chi connectivity index (χ3v) is 4.26. The van der Waals surface area contributed by atoms with Gasteiger partial charge in [0.2, 0.25) is 0 Å². The normalized spacial score (nSPS) is 16.8. The van der Waals surface area contributed by atoms with E-state index in [9.17, 15) is 9.59 Å². The molecule has 2 fully saturated rings. The molecule has 8 heteroatoms. The zero-order valence-electron chi connectivity index (χ0n) is 16.5. The number of aromatic nitrogens is 2. The number of carbonyl (C=O) groups excluding carboxylic acids is 2. The van der Waals surface area contributed by atoms with E-state index in [1.54, 1.807) is 6.07 Å². The highest BCUT2D eigenvalue weighted by Gasteiger charge is 2.21. The van der Waals surface area contributed by atoms with Gasteiger partial charge < -0.3 is 20.3 Å². The van der Waals surface area contributed by atoms with E-state index in [-0.39, 0.29) is 11.5 Å². The number of nitrogens with one attached hydrogen (secondary N) is 2. The van der Waals surface area contributed by atoms with Crippen molar-refractivity contribution in [3.8, 4) is 0 Å². The lowest BCUT2D eigenvalue weighted by Crippen LogP contribution is -2.44. The van der Waals surface area contributed by atoms with Crippen molar-refractivity contribution in [2.45, 2.75) is 45.6 Å². The summed E-state index contributed by atoms with van der Waals surface area (Å²) in [5.74, 6) is 1.56. The van der Waals surface area contributed by atoms with Gasteiger partial charge in [-0.25, -0.2) is 0 Å². The standard InChI is InChI=1S/C14H21N5O.C5H10O2/c20-14(16-6-5-11-1-2-11)12-3-4-13(18-17-12)19-9-7-15-8-10-19;1-5(2,3)7-4-6/h3-4,11,15H,1-2,5-10H2,(H,16,20);4H,1-3H3. The summed E-state index contributed by atoms with van der Waals surface area (Å²) in [7, 11) is 0. The Morgan fingerprint density at radius 1 is 1.30 bits per heavy atom. The Bertz CT molecular complexity index is 590. The van der Waals surface area contributed by atoms with Crippen LogP contribution in [0.25, 0.3) is 0 Å². The number of ether oxygens (including phenoxy) is 1. The van der Waals surface area contributed by atoms with Crippen molar-refractivity contribution in [3.63, 3.8) is 0 Å². The largest absolute Gasteiger partial charge is 0.462 e. The van der Waals surface area contributed by atoms with Crippen LogP contribution in [-0.4, -0.2) is 60.9 Å². The Morgan fingerprint density at radius 3 is 2.48 bits per heavy atom. The summed E-state index contributed by atoms with van der Waals surface area (Å²) in [6.07, 6.45) is 3.71. The average Bonchev–Trinajstić information content (AvgIpc) is 3.46. The zero-order chi connectivity index (χ0) is 19.7. The maximum atomic E-state index is 11.9. The molecule has 1 aromatic rings. The van der Waals surface area contributed by atoms with Crippen molar-refractivity contribution in [1.29, 1.82) is 0 Å². The molecule has 1 saturated heterocycles. The fourth-order valence-corrected chi connectivity index (χ4v) is 2.54. The Balaban J connectivity index is 0.000000321. The second-order valence-corrected chi connectivity index (χ2v) is 7.83. The van der Waals surface area contributed by atoms with Crippen molar-refractivity contribution in [1.82, 2.24) is 20.8 Å². The fraction of sp³-hybridized carbons (Fsp3) is 0.684. The van der Waals surface area contributed by atoms with Crippen LogP contribution in [0.4, 0.5) is 5.82 Å². The molecule has 150 valence electrons. The summed E-state index contributed by atoms with van der Waals surface area (Å²) in [6, 6.07) is 3.64. The number of anilines is 1. The smallest absolute Gasteiger partial charge is 0.293 e. The number of carbonyl (C=O) groups is 2. The molecule has 1 saturated carbocycles. The van der Waals surface area contributed by atoms with Gasteiger partial charge in [0.15, 0.2) is 11.5 Å². The summed E-state index contributed by atoms with van der Waals surface area (Å²) < 4.78 is 4.55. The van der Waals surface area contributed by atoms with Crippen molar-refractivity contribution >= 4 is 18.2 Å². The Labute approximate surface area is 161 Å². The number of rotatable bonds is 6. The molecule has 0 unspecified atom stereocenters. The first-order chi connectivity index (χ1) is 12.9. The minimum Gasteiger partial charge on any atom is -0.462 e. The van der Waals surface area contributed by atoms with E-state index in [1.807, 2.05) is 26.8 Å². The van der Waals surface area contributed by atoms with Gasteiger partial charge in [0.1, 0.15) is 5.60 Å².